The van der Waals surface area contributed by atoms with E-state index in [1.54, 1.807) is 12.1 Å². The summed E-state index contributed by atoms with van der Waals surface area (Å²) in [5.74, 6) is 2.09. The maximum atomic E-state index is 9.71. The van der Waals surface area contributed by atoms with Gasteiger partial charge in [0.1, 0.15) is 18.1 Å². The fourth-order valence-electron chi connectivity index (χ4n) is 2.41. The Balaban J connectivity index is 2.26. The van der Waals surface area contributed by atoms with Crippen molar-refractivity contribution in [1.82, 2.24) is 0 Å². The van der Waals surface area contributed by atoms with Crippen LogP contribution in [0.5, 0.6) is 23.0 Å². The highest BCUT2D eigenvalue weighted by Gasteiger charge is 2.05. The van der Waals surface area contributed by atoms with E-state index in [9.17, 15) is 5.11 Å². The lowest BCUT2D eigenvalue weighted by Crippen LogP contribution is -2.06. The van der Waals surface area contributed by atoms with Crippen LogP contribution in [-0.2, 0) is 0 Å². The van der Waals surface area contributed by atoms with E-state index < -0.39 is 0 Å². The van der Waals surface area contributed by atoms with Gasteiger partial charge in [0, 0.05) is 6.07 Å². The molecule has 0 amide bonds. The van der Waals surface area contributed by atoms with Crippen molar-refractivity contribution in [3.05, 3.63) is 59.2 Å². The molecule has 0 spiro atoms. The lowest BCUT2D eigenvalue weighted by molar-refractivity contribution is 0.240. The van der Waals surface area contributed by atoms with Crippen LogP contribution in [0.2, 0.25) is 0 Å². The first kappa shape index (κ1) is 20.4. The van der Waals surface area contributed by atoms with E-state index >= 15 is 0 Å². The molecule has 0 aromatic heterocycles. The van der Waals surface area contributed by atoms with Crippen LogP contribution in [0.25, 0.3) is 12.2 Å². The normalized spacial score (nSPS) is 10.9. The minimum absolute atomic E-state index is 0.0798. The fraction of sp³-hybridized carbons (Fsp3) is 0.304. The zero-order valence-corrected chi connectivity index (χ0v) is 16.7. The number of benzene rings is 2. The number of hydrogen-bond acceptors (Lipinski definition) is 4. The molecule has 2 aromatic rings. The highest BCUT2D eigenvalue weighted by molar-refractivity contribution is 5.72. The van der Waals surface area contributed by atoms with Gasteiger partial charge < -0.3 is 19.3 Å². The number of rotatable bonds is 8. The molecule has 0 atom stereocenters. The molecule has 0 fully saturated rings. The number of phenolic OH excluding ortho intramolecular Hbond substituents is 1. The summed E-state index contributed by atoms with van der Waals surface area (Å²) in [5.41, 5.74) is 3.10. The Morgan fingerprint density at radius 2 is 1.70 bits per heavy atom. The van der Waals surface area contributed by atoms with E-state index in [0.29, 0.717) is 12.4 Å². The summed E-state index contributed by atoms with van der Waals surface area (Å²) in [5, 5.41) is 9.71. The topological polar surface area (TPSA) is 47.9 Å². The van der Waals surface area contributed by atoms with Crippen molar-refractivity contribution in [2.45, 2.75) is 33.8 Å². The van der Waals surface area contributed by atoms with Gasteiger partial charge in [-0.25, -0.2) is 0 Å². The maximum absolute atomic E-state index is 9.71. The van der Waals surface area contributed by atoms with E-state index in [-0.39, 0.29) is 11.9 Å². The van der Waals surface area contributed by atoms with Crippen LogP contribution in [0, 0.1) is 0 Å². The highest BCUT2D eigenvalue weighted by atomic mass is 16.5. The van der Waals surface area contributed by atoms with Crippen molar-refractivity contribution in [3.63, 3.8) is 0 Å². The van der Waals surface area contributed by atoms with Crippen LogP contribution in [0.3, 0.4) is 0 Å². The molecule has 4 nitrogen and oxygen atoms in total. The molecule has 0 saturated heterocycles. The minimum atomic E-state index is 0.0798. The largest absolute Gasteiger partial charge is 0.504 e. The fourth-order valence-corrected chi connectivity index (χ4v) is 2.41. The number of ether oxygens (including phenoxy) is 3. The van der Waals surface area contributed by atoms with E-state index in [2.05, 4.69) is 0 Å². The van der Waals surface area contributed by atoms with Gasteiger partial charge in [0.15, 0.2) is 11.5 Å². The molecular formula is C23H28O4. The molecule has 0 aliphatic heterocycles. The lowest BCUT2D eigenvalue weighted by Gasteiger charge is -2.13. The first-order chi connectivity index (χ1) is 12.9. The van der Waals surface area contributed by atoms with Gasteiger partial charge in [0.2, 0.25) is 0 Å². The number of methoxy groups -OCH3 is 1. The molecule has 4 heteroatoms. The molecule has 0 aliphatic carbocycles. The Morgan fingerprint density at radius 3 is 2.37 bits per heavy atom. The molecule has 144 valence electrons. The third-order valence-corrected chi connectivity index (χ3v) is 3.69. The minimum Gasteiger partial charge on any atom is -0.504 e. The number of allylic oxidation sites excluding steroid dienone is 1. The summed E-state index contributed by atoms with van der Waals surface area (Å²) < 4.78 is 16.8. The van der Waals surface area contributed by atoms with Gasteiger partial charge >= 0.3 is 0 Å². The summed E-state index contributed by atoms with van der Waals surface area (Å²) in [6, 6.07) is 11.1. The highest BCUT2D eigenvalue weighted by Crippen LogP contribution is 2.28. The monoisotopic (exact) mass is 368 g/mol. The molecule has 0 aliphatic rings. The molecule has 0 unspecified atom stereocenters. The van der Waals surface area contributed by atoms with Gasteiger partial charge in [-0.15, -0.1) is 0 Å². The van der Waals surface area contributed by atoms with Gasteiger partial charge in [0.25, 0.3) is 0 Å². The van der Waals surface area contributed by atoms with Gasteiger partial charge in [0.05, 0.1) is 13.2 Å². The van der Waals surface area contributed by atoms with Crippen molar-refractivity contribution < 1.29 is 19.3 Å². The Labute approximate surface area is 161 Å². The van der Waals surface area contributed by atoms with Crippen molar-refractivity contribution in [3.8, 4) is 23.0 Å². The van der Waals surface area contributed by atoms with Gasteiger partial charge in [-0.05, 0) is 69.2 Å². The Bertz CT molecular complexity index is 815. The quantitative estimate of drug-likeness (QED) is 0.479. The Morgan fingerprint density at radius 1 is 1.00 bits per heavy atom. The Kier molecular flexibility index (Phi) is 7.35. The van der Waals surface area contributed by atoms with E-state index in [0.717, 1.165) is 22.6 Å². The maximum Gasteiger partial charge on any atom is 0.161 e. The summed E-state index contributed by atoms with van der Waals surface area (Å²) in [4.78, 5) is 0. The summed E-state index contributed by atoms with van der Waals surface area (Å²) in [6.07, 6.45) is 6.05. The standard InChI is InChI=1S/C23H28O4/c1-16(2)10-11-26-20-12-19(13-21(15-20)27-17(3)4)7-6-18-8-9-22(24)23(14-18)25-5/h6-10,12-15,17,24H,11H2,1-5H3/b7-6+. The molecule has 0 saturated carbocycles. The van der Waals surface area contributed by atoms with E-state index in [1.165, 1.54) is 12.7 Å². The zero-order chi connectivity index (χ0) is 19.8. The SMILES string of the molecule is COc1cc(/C=C/c2cc(OCC=C(C)C)cc(OC(C)C)c2)ccc1O. The summed E-state index contributed by atoms with van der Waals surface area (Å²) >= 11 is 0. The van der Waals surface area contributed by atoms with E-state index in [4.69, 9.17) is 14.2 Å². The van der Waals surface area contributed by atoms with Crippen molar-refractivity contribution in [2.24, 2.45) is 0 Å². The van der Waals surface area contributed by atoms with E-state index in [1.807, 2.05) is 70.2 Å². The third-order valence-electron chi connectivity index (χ3n) is 3.69. The third kappa shape index (κ3) is 6.74. The summed E-state index contributed by atoms with van der Waals surface area (Å²) in [7, 11) is 1.53. The Hall–Kier alpha value is -2.88. The van der Waals surface area contributed by atoms with Crippen LogP contribution < -0.4 is 14.2 Å². The van der Waals surface area contributed by atoms with Crippen LogP contribution in [0.4, 0.5) is 0 Å². The number of phenols is 1. The first-order valence-corrected chi connectivity index (χ1v) is 9.00. The second-order valence-corrected chi connectivity index (χ2v) is 6.76. The molecule has 0 heterocycles. The molecule has 2 aromatic carbocycles. The van der Waals surface area contributed by atoms with Gasteiger partial charge in [-0.1, -0.05) is 23.8 Å². The molecule has 2 rings (SSSR count). The predicted molar refractivity (Wildman–Crippen MR) is 111 cm³/mol. The van der Waals surface area contributed by atoms with Crippen LogP contribution in [0.15, 0.2) is 48.0 Å². The van der Waals surface area contributed by atoms with Crippen molar-refractivity contribution >= 4 is 12.2 Å². The summed E-state index contributed by atoms with van der Waals surface area (Å²) in [6.45, 7) is 8.60. The molecular weight excluding hydrogens is 340 g/mol. The molecule has 0 bridgehead atoms. The predicted octanol–water partition coefficient (Wildman–Crippen LogP) is 5.70. The van der Waals surface area contributed by atoms with Gasteiger partial charge in [-0.2, -0.15) is 0 Å². The molecule has 0 radical (unpaired) electrons. The second kappa shape index (κ2) is 9.72. The zero-order valence-electron chi connectivity index (χ0n) is 16.7. The van der Waals surface area contributed by atoms with Crippen LogP contribution >= 0.6 is 0 Å². The smallest absolute Gasteiger partial charge is 0.161 e. The van der Waals surface area contributed by atoms with Crippen molar-refractivity contribution in [1.29, 1.82) is 0 Å². The van der Waals surface area contributed by atoms with Crippen LogP contribution in [-0.4, -0.2) is 24.9 Å². The van der Waals surface area contributed by atoms with Crippen LogP contribution in [0.1, 0.15) is 38.8 Å². The number of hydrogen-bond donors (Lipinski definition) is 1. The molecule has 27 heavy (non-hydrogen) atoms. The average Bonchev–Trinajstić information content (AvgIpc) is 2.60. The first-order valence-electron chi connectivity index (χ1n) is 9.00. The van der Waals surface area contributed by atoms with Gasteiger partial charge in [-0.3, -0.25) is 0 Å². The van der Waals surface area contributed by atoms with Crippen molar-refractivity contribution in [2.75, 3.05) is 13.7 Å². The number of aromatic hydroxyl groups is 1. The average molecular weight is 368 g/mol. The lowest BCUT2D eigenvalue weighted by atomic mass is 10.1. The second-order valence-electron chi connectivity index (χ2n) is 6.76. The molecule has 1 N–H and O–H groups in total.